The Bertz CT molecular complexity index is 1140. The van der Waals surface area contributed by atoms with Crippen molar-refractivity contribution >= 4 is 28.4 Å². The number of para-hydroxylation sites is 1. The molecule has 2 aliphatic rings. The fraction of sp³-hybridized carbons (Fsp3) is 0.292. The fourth-order valence-corrected chi connectivity index (χ4v) is 4.61. The van der Waals surface area contributed by atoms with E-state index in [0.717, 1.165) is 35.0 Å². The van der Waals surface area contributed by atoms with Crippen molar-refractivity contribution in [1.82, 2.24) is 14.8 Å². The van der Waals surface area contributed by atoms with Gasteiger partial charge >= 0.3 is 0 Å². The summed E-state index contributed by atoms with van der Waals surface area (Å²) in [6.45, 7) is 1.90. The molecule has 3 heterocycles. The second kappa shape index (κ2) is 7.44. The molecule has 0 bridgehead atoms. The summed E-state index contributed by atoms with van der Waals surface area (Å²) in [6.07, 6.45) is 1.85. The molecule has 2 amide bonds. The quantitative estimate of drug-likeness (QED) is 0.732. The van der Waals surface area contributed by atoms with E-state index in [4.69, 9.17) is 10.7 Å². The van der Waals surface area contributed by atoms with Crippen molar-refractivity contribution in [2.24, 2.45) is 0 Å². The van der Waals surface area contributed by atoms with Crippen LogP contribution >= 0.6 is 0 Å². The third-order valence-electron chi connectivity index (χ3n) is 6.17. The predicted octanol–water partition coefficient (Wildman–Crippen LogP) is 3.18. The first-order valence-electron chi connectivity index (χ1n) is 10.4. The summed E-state index contributed by atoms with van der Waals surface area (Å²) < 4.78 is 0. The second-order valence-corrected chi connectivity index (χ2v) is 8.15. The van der Waals surface area contributed by atoms with Gasteiger partial charge in [0.05, 0.1) is 16.9 Å². The molecule has 5 rings (SSSR count). The molecule has 0 spiro atoms. The SMILES string of the molecule is Nc1cc2ccccc2nc1[C@@H]1CCCN(C(=O)CN2Cc3ccccc3C2=O)C1. The van der Waals surface area contributed by atoms with E-state index in [0.29, 0.717) is 30.9 Å². The highest BCUT2D eigenvalue weighted by molar-refractivity contribution is 6.00. The number of likely N-dealkylation sites (tertiary alicyclic amines) is 1. The Morgan fingerprint density at radius 1 is 1.13 bits per heavy atom. The van der Waals surface area contributed by atoms with Crippen molar-refractivity contribution in [1.29, 1.82) is 0 Å². The number of benzene rings is 2. The van der Waals surface area contributed by atoms with Gasteiger partial charge in [0, 0.05) is 36.5 Å². The topological polar surface area (TPSA) is 79.5 Å². The lowest BCUT2D eigenvalue weighted by Crippen LogP contribution is -2.45. The molecule has 0 aliphatic carbocycles. The number of pyridine rings is 1. The van der Waals surface area contributed by atoms with Gasteiger partial charge in [0.15, 0.2) is 0 Å². The molecule has 1 saturated heterocycles. The molecule has 0 unspecified atom stereocenters. The lowest BCUT2D eigenvalue weighted by Gasteiger charge is -2.34. The first-order valence-corrected chi connectivity index (χ1v) is 10.4. The Labute approximate surface area is 175 Å². The number of nitrogens with two attached hydrogens (primary N) is 1. The van der Waals surface area contributed by atoms with Gasteiger partial charge in [-0.1, -0.05) is 36.4 Å². The van der Waals surface area contributed by atoms with Crippen LogP contribution in [0.2, 0.25) is 0 Å². The molecular weight excluding hydrogens is 376 g/mol. The molecule has 2 N–H and O–H groups in total. The van der Waals surface area contributed by atoms with E-state index < -0.39 is 0 Å². The number of carbonyl (C=O) groups is 2. The Morgan fingerprint density at radius 2 is 1.93 bits per heavy atom. The second-order valence-electron chi connectivity index (χ2n) is 8.15. The lowest BCUT2D eigenvalue weighted by molar-refractivity contribution is -0.133. The summed E-state index contributed by atoms with van der Waals surface area (Å²) in [5.41, 5.74) is 10.5. The Balaban J connectivity index is 1.31. The van der Waals surface area contributed by atoms with E-state index in [2.05, 4.69) is 0 Å². The molecule has 30 heavy (non-hydrogen) atoms. The monoisotopic (exact) mass is 400 g/mol. The van der Waals surface area contributed by atoms with Crippen molar-refractivity contribution in [2.45, 2.75) is 25.3 Å². The van der Waals surface area contributed by atoms with Crippen LogP contribution < -0.4 is 5.73 Å². The van der Waals surface area contributed by atoms with Crippen LogP contribution in [0.4, 0.5) is 5.69 Å². The van der Waals surface area contributed by atoms with Gasteiger partial charge in [0.25, 0.3) is 5.91 Å². The standard InChI is InChI=1S/C24H24N4O2/c25-20-12-16-6-2-4-10-21(16)26-23(20)18-8-5-11-27(14-18)22(29)15-28-13-17-7-1-3-9-19(17)24(28)30/h1-4,6-7,9-10,12,18H,5,8,11,13-15,25H2/t18-/m1/s1. The number of nitrogen functional groups attached to an aromatic ring is 1. The van der Waals surface area contributed by atoms with Crippen LogP contribution in [0, 0.1) is 0 Å². The molecule has 1 atom stereocenters. The van der Waals surface area contributed by atoms with Crippen molar-refractivity contribution in [3.63, 3.8) is 0 Å². The zero-order valence-corrected chi connectivity index (χ0v) is 16.8. The highest BCUT2D eigenvalue weighted by atomic mass is 16.2. The van der Waals surface area contributed by atoms with Gasteiger partial charge in [0.1, 0.15) is 6.54 Å². The Kier molecular flexibility index (Phi) is 4.62. The average Bonchev–Trinajstić information content (AvgIpc) is 3.09. The highest BCUT2D eigenvalue weighted by Gasteiger charge is 2.32. The molecule has 0 saturated carbocycles. The fourth-order valence-electron chi connectivity index (χ4n) is 4.61. The summed E-state index contributed by atoms with van der Waals surface area (Å²) in [6, 6.07) is 17.5. The summed E-state index contributed by atoms with van der Waals surface area (Å²) in [5, 5.41) is 1.02. The minimum Gasteiger partial charge on any atom is -0.397 e. The Morgan fingerprint density at radius 3 is 2.80 bits per heavy atom. The number of hydrogen-bond acceptors (Lipinski definition) is 4. The number of aromatic nitrogens is 1. The predicted molar refractivity (Wildman–Crippen MR) is 116 cm³/mol. The molecule has 1 fully saturated rings. The van der Waals surface area contributed by atoms with E-state index in [1.807, 2.05) is 59.5 Å². The summed E-state index contributed by atoms with van der Waals surface area (Å²) in [7, 11) is 0. The first kappa shape index (κ1) is 18.6. The van der Waals surface area contributed by atoms with Gasteiger partial charge in [-0.25, -0.2) is 0 Å². The summed E-state index contributed by atoms with van der Waals surface area (Å²) >= 11 is 0. The molecule has 152 valence electrons. The third kappa shape index (κ3) is 3.28. The van der Waals surface area contributed by atoms with Crippen LogP contribution in [0.1, 0.15) is 40.4 Å². The van der Waals surface area contributed by atoms with Crippen molar-refractivity contribution in [3.05, 3.63) is 71.4 Å². The molecule has 2 aliphatic heterocycles. The summed E-state index contributed by atoms with van der Waals surface area (Å²) in [4.78, 5) is 33.9. The number of anilines is 1. The molecule has 6 nitrogen and oxygen atoms in total. The van der Waals surface area contributed by atoms with Gasteiger partial charge in [0.2, 0.25) is 5.91 Å². The van der Waals surface area contributed by atoms with E-state index in [1.165, 1.54) is 0 Å². The minimum absolute atomic E-state index is 0.0137. The van der Waals surface area contributed by atoms with Gasteiger partial charge in [-0.15, -0.1) is 0 Å². The van der Waals surface area contributed by atoms with Crippen LogP contribution in [0.15, 0.2) is 54.6 Å². The Hall–Kier alpha value is -3.41. The maximum absolute atomic E-state index is 13.0. The number of carbonyl (C=O) groups excluding carboxylic acids is 2. The largest absolute Gasteiger partial charge is 0.397 e. The van der Waals surface area contributed by atoms with Crippen LogP contribution in [-0.4, -0.2) is 46.2 Å². The van der Waals surface area contributed by atoms with Gasteiger partial charge in [-0.3, -0.25) is 14.6 Å². The van der Waals surface area contributed by atoms with Crippen molar-refractivity contribution in [2.75, 3.05) is 25.4 Å². The van der Waals surface area contributed by atoms with Crippen LogP contribution in [-0.2, 0) is 11.3 Å². The lowest BCUT2D eigenvalue weighted by atomic mass is 9.92. The zero-order chi connectivity index (χ0) is 20.7. The molecule has 6 heteroatoms. The number of fused-ring (bicyclic) bond motifs is 2. The molecule has 3 aromatic rings. The highest BCUT2D eigenvalue weighted by Crippen LogP contribution is 2.31. The van der Waals surface area contributed by atoms with E-state index in [1.54, 1.807) is 4.90 Å². The molecule has 2 aromatic carbocycles. The van der Waals surface area contributed by atoms with E-state index in [9.17, 15) is 9.59 Å². The van der Waals surface area contributed by atoms with Gasteiger partial charge in [-0.2, -0.15) is 0 Å². The number of piperidine rings is 1. The number of nitrogens with zero attached hydrogens (tertiary/aromatic N) is 3. The maximum atomic E-state index is 13.0. The number of hydrogen-bond donors (Lipinski definition) is 1. The van der Waals surface area contributed by atoms with Gasteiger partial charge < -0.3 is 15.5 Å². The minimum atomic E-state index is -0.0621. The normalized spacial score (nSPS) is 18.7. The van der Waals surface area contributed by atoms with E-state index >= 15 is 0 Å². The molecule has 1 aromatic heterocycles. The first-order chi connectivity index (χ1) is 14.6. The smallest absolute Gasteiger partial charge is 0.254 e. The van der Waals surface area contributed by atoms with Crippen LogP contribution in [0.3, 0.4) is 0 Å². The summed E-state index contributed by atoms with van der Waals surface area (Å²) in [5.74, 6) is 0.0342. The molecule has 0 radical (unpaired) electrons. The van der Waals surface area contributed by atoms with Crippen LogP contribution in [0.5, 0.6) is 0 Å². The van der Waals surface area contributed by atoms with Crippen molar-refractivity contribution < 1.29 is 9.59 Å². The van der Waals surface area contributed by atoms with Crippen LogP contribution in [0.25, 0.3) is 10.9 Å². The maximum Gasteiger partial charge on any atom is 0.254 e. The third-order valence-corrected chi connectivity index (χ3v) is 6.17. The van der Waals surface area contributed by atoms with Crippen molar-refractivity contribution in [3.8, 4) is 0 Å². The van der Waals surface area contributed by atoms with E-state index in [-0.39, 0.29) is 24.3 Å². The number of rotatable bonds is 3. The zero-order valence-electron chi connectivity index (χ0n) is 16.8. The average molecular weight is 400 g/mol. The number of amides is 2. The molecular formula is C24H24N4O2. The van der Waals surface area contributed by atoms with Gasteiger partial charge in [-0.05, 0) is 36.6 Å².